The minimum absolute atomic E-state index is 0.0594. The molecule has 0 bridgehead atoms. The monoisotopic (exact) mass is 277 g/mol. The van der Waals surface area contributed by atoms with Crippen molar-refractivity contribution in [2.45, 2.75) is 64.8 Å². The fourth-order valence-corrected chi connectivity index (χ4v) is 3.54. The van der Waals surface area contributed by atoms with Gasteiger partial charge in [-0.1, -0.05) is 44.2 Å². The third-order valence-corrected chi connectivity index (χ3v) is 4.80. The van der Waals surface area contributed by atoms with Crippen LogP contribution >= 0.6 is 0 Å². The van der Waals surface area contributed by atoms with Crippen LogP contribution in [0.2, 0.25) is 0 Å². The van der Waals surface area contributed by atoms with Gasteiger partial charge in [0, 0.05) is 6.04 Å². The first-order chi connectivity index (χ1) is 9.61. The molecule has 0 heterocycles. The maximum absolute atomic E-state index is 13.7. The fraction of sp³-hybridized carbons (Fsp3) is 0.667. The van der Waals surface area contributed by atoms with Crippen LogP contribution in [0.3, 0.4) is 0 Å². The van der Waals surface area contributed by atoms with Gasteiger partial charge in [-0.15, -0.1) is 0 Å². The summed E-state index contributed by atoms with van der Waals surface area (Å²) in [5.41, 5.74) is 2.76. The largest absolute Gasteiger partial charge is 0.313 e. The Morgan fingerprint density at radius 3 is 2.30 bits per heavy atom. The molecule has 1 aromatic rings. The summed E-state index contributed by atoms with van der Waals surface area (Å²) in [5.74, 6) is 0.845. The Balaban J connectivity index is 2.00. The van der Waals surface area contributed by atoms with E-state index in [-0.39, 0.29) is 5.82 Å². The molecule has 1 N–H and O–H groups in total. The highest BCUT2D eigenvalue weighted by atomic mass is 19.1. The molecule has 1 aliphatic carbocycles. The van der Waals surface area contributed by atoms with Gasteiger partial charge in [-0.05, 0) is 56.3 Å². The van der Waals surface area contributed by atoms with Gasteiger partial charge in [0.2, 0.25) is 0 Å². The Labute approximate surface area is 123 Å². The van der Waals surface area contributed by atoms with Crippen LogP contribution in [0.1, 0.15) is 67.7 Å². The van der Waals surface area contributed by atoms with Gasteiger partial charge in [0.15, 0.2) is 0 Å². The van der Waals surface area contributed by atoms with Crippen molar-refractivity contribution in [1.29, 1.82) is 0 Å². The Bertz CT molecular complexity index is 412. The van der Waals surface area contributed by atoms with Crippen molar-refractivity contribution >= 4 is 0 Å². The van der Waals surface area contributed by atoms with Gasteiger partial charge in [-0.25, -0.2) is 4.39 Å². The van der Waals surface area contributed by atoms with Gasteiger partial charge in [-0.3, -0.25) is 0 Å². The first-order valence-corrected chi connectivity index (χ1v) is 8.05. The second-order valence-corrected chi connectivity index (χ2v) is 6.39. The van der Waals surface area contributed by atoms with Crippen molar-refractivity contribution in [2.75, 3.05) is 7.05 Å². The van der Waals surface area contributed by atoms with Crippen LogP contribution in [-0.2, 0) is 0 Å². The van der Waals surface area contributed by atoms with E-state index >= 15 is 0 Å². The number of rotatable bonds is 5. The molecule has 1 unspecified atom stereocenters. The van der Waals surface area contributed by atoms with E-state index in [1.54, 1.807) is 0 Å². The van der Waals surface area contributed by atoms with E-state index in [1.165, 1.54) is 44.1 Å². The molecule has 20 heavy (non-hydrogen) atoms. The molecule has 1 aliphatic rings. The van der Waals surface area contributed by atoms with Crippen LogP contribution in [0, 0.1) is 25.6 Å². The zero-order valence-electron chi connectivity index (χ0n) is 13.1. The van der Waals surface area contributed by atoms with Gasteiger partial charge in [0.25, 0.3) is 0 Å². The molecule has 1 saturated carbocycles. The summed E-state index contributed by atoms with van der Waals surface area (Å²) in [6.07, 6.45) is 9.48. The van der Waals surface area contributed by atoms with E-state index in [0.717, 1.165) is 23.5 Å². The summed E-state index contributed by atoms with van der Waals surface area (Å²) in [5, 5.41) is 3.41. The number of aryl methyl sites for hydroxylation is 2. The summed E-state index contributed by atoms with van der Waals surface area (Å²) >= 11 is 0. The Morgan fingerprint density at radius 1 is 1.15 bits per heavy atom. The molecule has 0 aliphatic heterocycles. The lowest BCUT2D eigenvalue weighted by Crippen LogP contribution is -2.19. The summed E-state index contributed by atoms with van der Waals surface area (Å²) in [7, 11) is 2.01. The normalized spacial score (nSPS) is 18.2. The zero-order valence-corrected chi connectivity index (χ0v) is 13.1. The molecule has 0 saturated heterocycles. The molecule has 2 heteroatoms. The SMILES string of the molecule is CNC(CCC1CCCCC1)c1cc(C)c(F)c(C)c1. The average Bonchev–Trinajstić information content (AvgIpc) is 2.46. The van der Waals surface area contributed by atoms with E-state index in [4.69, 9.17) is 0 Å². The highest BCUT2D eigenvalue weighted by Crippen LogP contribution is 2.31. The number of halogens is 1. The Kier molecular flexibility index (Phi) is 5.59. The van der Waals surface area contributed by atoms with Crippen molar-refractivity contribution in [3.63, 3.8) is 0 Å². The molecule has 1 fully saturated rings. The van der Waals surface area contributed by atoms with E-state index < -0.39 is 0 Å². The zero-order chi connectivity index (χ0) is 14.5. The van der Waals surface area contributed by atoms with E-state index in [2.05, 4.69) is 5.32 Å². The van der Waals surface area contributed by atoms with Crippen molar-refractivity contribution < 1.29 is 4.39 Å². The molecule has 0 radical (unpaired) electrons. The fourth-order valence-electron chi connectivity index (χ4n) is 3.54. The molecular formula is C18H28FN. The van der Waals surface area contributed by atoms with Gasteiger partial charge >= 0.3 is 0 Å². The van der Waals surface area contributed by atoms with E-state index in [9.17, 15) is 4.39 Å². The van der Waals surface area contributed by atoms with Gasteiger partial charge in [0.1, 0.15) is 5.82 Å². The molecular weight excluding hydrogens is 249 g/mol. The molecule has 0 amide bonds. The second kappa shape index (κ2) is 7.21. The molecule has 0 spiro atoms. The lowest BCUT2D eigenvalue weighted by Gasteiger charge is -2.25. The minimum Gasteiger partial charge on any atom is -0.313 e. The molecule has 112 valence electrons. The third-order valence-electron chi connectivity index (χ3n) is 4.80. The maximum atomic E-state index is 13.7. The molecule has 1 aromatic carbocycles. The number of hydrogen-bond acceptors (Lipinski definition) is 1. The van der Waals surface area contributed by atoms with Crippen molar-refractivity contribution in [2.24, 2.45) is 5.92 Å². The minimum atomic E-state index is -0.0594. The smallest absolute Gasteiger partial charge is 0.129 e. The van der Waals surface area contributed by atoms with Crippen LogP contribution in [-0.4, -0.2) is 7.05 Å². The van der Waals surface area contributed by atoms with Crippen LogP contribution in [0.25, 0.3) is 0 Å². The average molecular weight is 277 g/mol. The summed E-state index contributed by atoms with van der Waals surface area (Å²) in [6, 6.07) is 4.37. The Hall–Kier alpha value is -0.890. The first kappa shape index (κ1) is 15.5. The van der Waals surface area contributed by atoms with Gasteiger partial charge < -0.3 is 5.32 Å². The van der Waals surface area contributed by atoms with Crippen molar-refractivity contribution in [3.8, 4) is 0 Å². The van der Waals surface area contributed by atoms with E-state index in [1.807, 2.05) is 33.0 Å². The predicted octanol–water partition coefficient (Wildman–Crippen LogP) is 5.06. The molecule has 1 atom stereocenters. The number of benzene rings is 1. The highest BCUT2D eigenvalue weighted by Gasteiger charge is 2.17. The highest BCUT2D eigenvalue weighted by molar-refractivity contribution is 5.32. The third kappa shape index (κ3) is 3.82. The first-order valence-electron chi connectivity index (χ1n) is 8.05. The standard InChI is InChI=1S/C18H28FN/c1-13-11-16(12-14(2)18(13)19)17(20-3)10-9-15-7-5-4-6-8-15/h11-12,15,17,20H,4-10H2,1-3H3. The van der Waals surface area contributed by atoms with Crippen LogP contribution < -0.4 is 5.32 Å². The van der Waals surface area contributed by atoms with Gasteiger partial charge in [0.05, 0.1) is 0 Å². The van der Waals surface area contributed by atoms with Gasteiger partial charge in [-0.2, -0.15) is 0 Å². The van der Waals surface area contributed by atoms with Crippen LogP contribution in [0.4, 0.5) is 4.39 Å². The molecule has 2 rings (SSSR count). The topological polar surface area (TPSA) is 12.0 Å². The van der Waals surface area contributed by atoms with Crippen molar-refractivity contribution in [1.82, 2.24) is 5.32 Å². The second-order valence-electron chi connectivity index (χ2n) is 6.39. The van der Waals surface area contributed by atoms with E-state index in [0.29, 0.717) is 6.04 Å². The number of nitrogens with one attached hydrogen (secondary N) is 1. The summed E-state index contributed by atoms with van der Waals surface area (Å²) in [6.45, 7) is 3.72. The van der Waals surface area contributed by atoms with Crippen LogP contribution in [0.15, 0.2) is 12.1 Å². The lowest BCUT2D eigenvalue weighted by molar-refractivity contribution is 0.317. The summed E-state index contributed by atoms with van der Waals surface area (Å²) in [4.78, 5) is 0. The molecule has 0 aromatic heterocycles. The summed E-state index contributed by atoms with van der Waals surface area (Å²) < 4.78 is 13.7. The van der Waals surface area contributed by atoms with Crippen LogP contribution in [0.5, 0.6) is 0 Å². The maximum Gasteiger partial charge on any atom is 0.129 e. The molecule has 1 nitrogen and oxygen atoms in total. The van der Waals surface area contributed by atoms with Crippen molar-refractivity contribution in [3.05, 3.63) is 34.6 Å². The Morgan fingerprint density at radius 2 is 1.75 bits per heavy atom. The quantitative estimate of drug-likeness (QED) is 0.793. The lowest BCUT2D eigenvalue weighted by atomic mass is 9.84. The predicted molar refractivity (Wildman–Crippen MR) is 83.5 cm³/mol. The number of hydrogen-bond donors (Lipinski definition) is 1.